The molecule has 0 radical (unpaired) electrons. The molecule has 104 valence electrons. The summed E-state index contributed by atoms with van der Waals surface area (Å²) in [7, 11) is 0. The molecule has 2 aromatic rings. The summed E-state index contributed by atoms with van der Waals surface area (Å²) in [5.74, 6) is 0.405. The second-order valence-corrected chi connectivity index (χ2v) is 5.60. The standard InChI is InChI=1S/C16H17ClN2S/c1-11(12-5-3-2-4-6-12)10-19-15-8-7-13(16(18)20)9-14(15)17/h2-9,11,19H,10H2,1H3,(H2,18,20). The van der Waals surface area contributed by atoms with Crippen LogP contribution in [0.2, 0.25) is 5.02 Å². The van der Waals surface area contributed by atoms with Crippen LogP contribution >= 0.6 is 23.8 Å². The number of halogens is 1. The van der Waals surface area contributed by atoms with Crippen LogP contribution in [-0.2, 0) is 0 Å². The van der Waals surface area contributed by atoms with Gasteiger partial charge in [-0.15, -0.1) is 0 Å². The van der Waals surface area contributed by atoms with E-state index in [4.69, 9.17) is 29.6 Å². The molecule has 0 saturated heterocycles. The molecule has 0 amide bonds. The van der Waals surface area contributed by atoms with Crippen molar-refractivity contribution in [3.8, 4) is 0 Å². The maximum atomic E-state index is 6.23. The maximum Gasteiger partial charge on any atom is 0.104 e. The largest absolute Gasteiger partial charge is 0.389 e. The SMILES string of the molecule is CC(CNc1ccc(C(N)=S)cc1Cl)c1ccccc1. The van der Waals surface area contributed by atoms with Gasteiger partial charge in [0.15, 0.2) is 0 Å². The molecule has 0 saturated carbocycles. The number of anilines is 1. The van der Waals surface area contributed by atoms with Gasteiger partial charge in [0.2, 0.25) is 0 Å². The van der Waals surface area contributed by atoms with Gasteiger partial charge in [-0.3, -0.25) is 0 Å². The van der Waals surface area contributed by atoms with Crippen LogP contribution in [0.4, 0.5) is 5.69 Å². The summed E-state index contributed by atoms with van der Waals surface area (Å²) in [5.41, 5.74) is 8.57. The zero-order chi connectivity index (χ0) is 14.5. The lowest BCUT2D eigenvalue weighted by Gasteiger charge is -2.15. The molecule has 2 aromatic carbocycles. The van der Waals surface area contributed by atoms with Gasteiger partial charge >= 0.3 is 0 Å². The van der Waals surface area contributed by atoms with Gasteiger partial charge in [-0.05, 0) is 29.7 Å². The van der Waals surface area contributed by atoms with Crippen LogP contribution in [0, 0.1) is 0 Å². The average Bonchev–Trinajstić information content (AvgIpc) is 2.46. The summed E-state index contributed by atoms with van der Waals surface area (Å²) in [6, 6.07) is 16.0. The van der Waals surface area contributed by atoms with E-state index in [1.54, 1.807) is 6.07 Å². The summed E-state index contributed by atoms with van der Waals surface area (Å²) in [6.07, 6.45) is 0. The molecule has 1 unspecified atom stereocenters. The number of nitrogens with two attached hydrogens (primary N) is 1. The predicted octanol–water partition coefficient (Wildman–Crippen LogP) is 4.19. The quantitative estimate of drug-likeness (QED) is 0.813. The lowest BCUT2D eigenvalue weighted by molar-refractivity contribution is 0.805. The molecule has 0 aliphatic carbocycles. The number of nitrogens with one attached hydrogen (secondary N) is 1. The van der Waals surface area contributed by atoms with Gasteiger partial charge in [-0.2, -0.15) is 0 Å². The third-order valence-corrected chi connectivity index (χ3v) is 3.77. The molecule has 0 heterocycles. The van der Waals surface area contributed by atoms with Crippen LogP contribution in [0.1, 0.15) is 24.0 Å². The molecule has 0 fully saturated rings. The molecule has 4 heteroatoms. The molecule has 3 N–H and O–H groups in total. The average molecular weight is 305 g/mol. The molecular formula is C16H17ClN2S. The van der Waals surface area contributed by atoms with Crippen molar-refractivity contribution in [2.24, 2.45) is 5.73 Å². The van der Waals surface area contributed by atoms with E-state index in [9.17, 15) is 0 Å². The van der Waals surface area contributed by atoms with Crippen molar-refractivity contribution >= 4 is 34.5 Å². The first-order valence-corrected chi connectivity index (χ1v) is 7.24. The van der Waals surface area contributed by atoms with E-state index in [1.807, 2.05) is 18.2 Å². The molecule has 0 aromatic heterocycles. The van der Waals surface area contributed by atoms with Crippen LogP contribution in [0.5, 0.6) is 0 Å². The number of hydrogen-bond acceptors (Lipinski definition) is 2. The van der Waals surface area contributed by atoms with E-state index in [2.05, 4.69) is 36.5 Å². The van der Waals surface area contributed by atoms with Gasteiger partial charge in [0.05, 0.1) is 10.7 Å². The lowest BCUT2D eigenvalue weighted by atomic mass is 10.0. The number of benzene rings is 2. The van der Waals surface area contributed by atoms with E-state index < -0.39 is 0 Å². The van der Waals surface area contributed by atoms with Gasteiger partial charge in [0.25, 0.3) is 0 Å². The fourth-order valence-electron chi connectivity index (χ4n) is 1.97. The van der Waals surface area contributed by atoms with E-state index in [0.29, 0.717) is 15.9 Å². The van der Waals surface area contributed by atoms with Crippen molar-refractivity contribution in [3.63, 3.8) is 0 Å². The summed E-state index contributed by atoms with van der Waals surface area (Å²) in [5, 5.41) is 4.00. The van der Waals surface area contributed by atoms with Crippen LogP contribution in [0.25, 0.3) is 0 Å². The van der Waals surface area contributed by atoms with Crippen molar-refractivity contribution in [1.82, 2.24) is 0 Å². The summed E-state index contributed by atoms with van der Waals surface area (Å²) in [4.78, 5) is 0.358. The van der Waals surface area contributed by atoms with Gasteiger partial charge < -0.3 is 11.1 Å². The second kappa shape index (κ2) is 6.73. The zero-order valence-electron chi connectivity index (χ0n) is 11.3. The topological polar surface area (TPSA) is 38.0 Å². The van der Waals surface area contributed by atoms with Crippen LogP contribution in [0.15, 0.2) is 48.5 Å². The zero-order valence-corrected chi connectivity index (χ0v) is 12.8. The third kappa shape index (κ3) is 3.71. The Morgan fingerprint density at radius 2 is 1.95 bits per heavy atom. The molecule has 0 bridgehead atoms. The van der Waals surface area contributed by atoms with Crippen LogP contribution in [-0.4, -0.2) is 11.5 Å². The van der Waals surface area contributed by atoms with E-state index in [-0.39, 0.29) is 0 Å². The highest BCUT2D eigenvalue weighted by atomic mass is 35.5. The van der Waals surface area contributed by atoms with Gasteiger partial charge in [0.1, 0.15) is 4.99 Å². The summed E-state index contributed by atoms with van der Waals surface area (Å²) >= 11 is 11.2. The predicted molar refractivity (Wildman–Crippen MR) is 90.7 cm³/mol. The van der Waals surface area contributed by atoms with Gasteiger partial charge in [-0.25, -0.2) is 0 Å². The molecule has 0 aliphatic rings. The number of hydrogen-bond donors (Lipinski definition) is 2. The summed E-state index contributed by atoms with van der Waals surface area (Å²) < 4.78 is 0. The van der Waals surface area contributed by atoms with E-state index in [0.717, 1.165) is 17.8 Å². The molecular weight excluding hydrogens is 288 g/mol. The van der Waals surface area contributed by atoms with Crippen molar-refractivity contribution in [2.75, 3.05) is 11.9 Å². The van der Waals surface area contributed by atoms with E-state index in [1.165, 1.54) is 5.56 Å². The smallest absolute Gasteiger partial charge is 0.104 e. The van der Waals surface area contributed by atoms with Crippen LogP contribution < -0.4 is 11.1 Å². The van der Waals surface area contributed by atoms with Crippen molar-refractivity contribution in [3.05, 3.63) is 64.7 Å². The highest BCUT2D eigenvalue weighted by Crippen LogP contribution is 2.24. The minimum Gasteiger partial charge on any atom is -0.389 e. The first-order valence-electron chi connectivity index (χ1n) is 6.46. The normalized spacial score (nSPS) is 11.9. The third-order valence-electron chi connectivity index (χ3n) is 3.22. The lowest BCUT2D eigenvalue weighted by Crippen LogP contribution is -2.12. The van der Waals surface area contributed by atoms with Gasteiger partial charge in [0, 0.05) is 12.1 Å². The molecule has 20 heavy (non-hydrogen) atoms. The first kappa shape index (κ1) is 14.8. The van der Waals surface area contributed by atoms with Crippen molar-refractivity contribution in [2.45, 2.75) is 12.8 Å². The molecule has 2 rings (SSSR count). The highest BCUT2D eigenvalue weighted by molar-refractivity contribution is 7.80. The Kier molecular flexibility index (Phi) is 4.99. The van der Waals surface area contributed by atoms with Gasteiger partial charge in [-0.1, -0.05) is 61.1 Å². The van der Waals surface area contributed by atoms with Crippen molar-refractivity contribution in [1.29, 1.82) is 0 Å². The van der Waals surface area contributed by atoms with E-state index >= 15 is 0 Å². The minimum atomic E-state index is 0.358. The summed E-state index contributed by atoms with van der Waals surface area (Å²) in [6.45, 7) is 3.00. The number of rotatable bonds is 5. The maximum absolute atomic E-state index is 6.23. The number of thiocarbonyl (C=S) groups is 1. The molecule has 2 nitrogen and oxygen atoms in total. The Bertz CT molecular complexity index is 599. The second-order valence-electron chi connectivity index (χ2n) is 4.75. The molecule has 0 spiro atoms. The fraction of sp³-hybridized carbons (Fsp3) is 0.188. The Morgan fingerprint density at radius 3 is 2.55 bits per heavy atom. The minimum absolute atomic E-state index is 0.358. The van der Waals surface area contributed by atoms with Crippen LogP contribution in [0.3, 0.4) is 0 Å². The molecule has 0 aliphatic heterocycles. The molecule has 1 atom stereocenters. The monoisotopic (exact) mass is 304 g/mol. The Balaban J connectivity index is 2.02. The first-order chi connectivity index (χ1) is 9.58. The highest BCUT2D eigenvalue weighted by Gasteiger charge is 2.07. The Hall–Kier alpha value is -1.58. The Labute approximate surface area is 130 Å². The fourth-order valence-corrected chi connectivity index (χ4v) is 2.35. The van der Waals surface area contributed by atoms with Crippen molar-refractivity contribution < 1.29 is 0 Å². The Morgan fingerprint density at radius 1 is 1.25 bits per heavy atom.